The number of hydrogen-bond donors (Lipinski definition) is 0. The van der Waals surface area contributed by atoms with Crippen LogP contribution >= 0.6 is 0 Å². The van der Waals surface area contributed by atoms with Crippen LogP contribution in [0.5, 0.6) is 11.5 Å². The van der Waals surface area contributed by atoms with Gasteiger partial charge in [-0.2, -0.15) is 6.07 Å². The molecule has 11 rings (SSSR count). The van der Waals surface area contributed by atoms with Crippen LogP contribution in [0.15, 0.2) is 195 Å². The van der Waals surface area contributed by atoms with E-state index in [9.17, 15) is 0 Å². The fourth-order valence-corrected chi connectivity index (χ4v) is 8.74. The zero-order chi connectivity index (χ0) is 41.8. The van der Waals surface area contributed by atoms with Crippen LogP contribution in [0.3, 0.4) is 0 Å². The number of hydrogen-bond acceptors (Lipinski definition) is 4. The quantitative estimate of drug-likeness (QED) is 0.112. The molecule has 6 nitrogen and oxygen atoms in total. The van der Waals surface area contributed by atoms with Crippen LogP contribution in [0.4, 0.5) is 11.4 Å². The largest absolute Gasteiger partial charge is 0.509 e. The van der Waals surface area contributed by atoms with E-state index < -0.39 is 0 Å². The first-order valence-electron chi connectivity index (χ1n) is 20.9. The van der Waals surface area contributed by atoms with E-state index in [0.717, 1.165) is 78.0 Å². The molecule has 0 N–H and O–H groups in total. The first-order valence-corrected chi connectivity index (χ1v) is 20.9. The number of nitrogens with zero attached hydrogens (tertiary/aromatic N) is 5. The van der Waals surface area contributed by atoms with Gasteiger partial charge in [-0.1, -0.05) is 147 Å². The molecule has 0 bridgehead atoms. The summed E-state index contributed by atoms with van der Waals surface area (Å²) in [5.74, 6) is 1.95. The Labute approximate surface area is 381 Å². The second kappa shape index (κ2) is 16.3. The van der Waals surface area contributed by atoms with Crippen molar-refractivity contribution in [2.75, 3.05) is 9.80 Å². The summed E-state index contributed by atoms with van der Waals surface area (Å²) in [6, 6.07) is 68.6. The number of pyridine rings is 1. The smallest absolute Gasteiger partial charge is 0.136 e. The van der Waals surface area contributed by atoms with E-state index in [1.54, 1.807) is 0 Å². The molecule has 1 aliphatic rings. The average Bonchev–Trinajstić information content (AvgIpc) is 4.03. The predicted molar refractivity (Wildman–Crippen MR) is 254 cm³/mol. The molecule has 0 saturated carbocycles. The number of rotatable bonds is 8. The van der Waals surface area contributed by atoms with Crippen molar-refractivity contribution in [1.29, 1.82) is 0 Å². The maximum Gasteiger partial charge on any atom is 0.136 e. The number of fused-ring (bicyclic) bond motifs is 5. The average molecular weight is 907 g/mol. The summed E-state index contributed by atoms with van der Waals surface area (Å²) < 4.78 is 11.5. The van der Waals surface area contributed by atoms with Crippen molar-refractivity contribution in [2.45, 2.75) is 26.2 Å². The van der Waals surface area contributed by atoms with Crippen molar-refractivity contribution >= 4 is 44.2 Å². The maximum atomic E-state index is 6.85. The first-order chi connectivity index (χ1) is 30.4. The van der Waals surface area contributed by atoms with Gasteiger partial charge >= 0.3 is 0 Å². The van der Waals surface area contributed by atoms with Gasteiger partial charge in [0.15, 0.2) is 0 Å². The minimum Gasteiger partial charge on any atom is -0.509 e. The molecule has 0 amide bonds. The van der Waals surface area contributed by atoms with E-state index in [1.807, 2.05) is 24.4 Å². The predicted octanol–water partition coefficient (Wildman–Crippen LogP) is 14.1. The third kappa shape index (κ3) is 7.30. The van der Waals surface area contributed by atoms with Crippen molar-refractivity contribution in [3.8, 4) is 45.3 Å². The summed E-state index contributed by atoms with van der Waals surface area (Å²) in [6.45, 7) is 8.85. The van der Waals surface area contributed by atoms with Gasteiger partial charge in [0.2, 0.25) is 0 Å². The van der Waals surface area contributed by atoms with Gasteiger partial charge in [-0.15, -0.1) is 48.3 Å². The summed E-state index contributed by atoms with van der Waals surface area (Å²) in [4.78, 5) is 9.30. The second-order valence-corrected chi connectivity index (χ2v) is 16.7. The topological polar surface area (TPSA) is 38.5 Å². The van der Waals surface area contributed by atoms with Crippen LogP contribution < -0.4 is 14.5 Å². The van der Waals surface area contributed by atoms with Gasteiger partial charge in [0.25, 0.3) is 0 Å². The van der Waals surface area contributed by atoms with Crippen molar-refractivity contribution in [2.24, 2.45) is 0 Å². The van der Waals surface area contributed by atoms with Crippen molar-refractivity contribution in [3.05, 3.63) is 219 Å². The van der Waals surface area contributed by atoms with Crippen LogP contribution in [0, 0.1) is 18.8 Å². The van der Waals surface area contributed by atoms with Crippen LogP contribution in [-0.2, 0) is 25.8 Å². The Hall–Kier alpha value is -7.17. The van der Waals surface area contributed by atoms with Crippen LogP contribution in [0.2, 0.25) is 0 Å². The molecule has 310 valence electrons. The summed E-state index contributed by atoms with van der Waals surface area (Å²) in [5, 5.41) is 2.16. The molecule has 0 aliphatic carbocycles. The normalized spacial score (nSPS) is 12.7. The summed E-state index contributed by atoms with van der Waals surface area (Å²) in [6.07, 6.45) is 6.06. The molecule has 0 spiro atoms. The van der Waals surface area contributed by atoms with Crippen molar-refractivity contribution < 1.29 is 25.2 Å². The SMILES string of the molecule is CC(C)(C)c1ccccc1N1C=CN(c2[c-]c(Oc3[c-]c4c(cc3)c3c(c5ccccc5n3-c3ccccc3)n4-c3cc(-c4ccccc4)ccn3)cc(-c3ccccc3)c2)[CH-]1.[Pd]. The molecule has 1 aliphatic heterocycles. The fourth-order valence-electron chi connectivity index (χ4n) is 8.74. The van der Waals surface area contributed by atoms with Gasteiger partial charge in [-0.3, -0.25) is 0 Å². The molecule has 0 unspecified atom stereocenters. The zero-order valence-corrected chi connectivity index (χ0v) is 36.6. The molecule has 4 heterocycles. The standard InChI is InChI=1S/C56H42N5O.Pd/c1-56(2,3)49-24-14-16-26-51(49)59-32-31-58(38-59)44-33-42(40-19-9-5-10-20-40)34-46(36-44)62-45-27-28-48-52(37-45)61(53-35-41(29-30-57-53)39-17-7-4-8-18-39)55-47-23-13-15-25-50(47)60(54(48)55)43-21-11-6-12-22-43;/h4-35,38H,1-3H3;/q-3;. The third-order valence-corrected chi connectivity index (χ3v) is 11.6. The third-order valence-electron chi connectivity index (χ3n) is 11.6. The summed E-state index contributed by atoms with van der Waals surface area (Å²) in [7, 11) is 0. The Morgan fingerprint density at radius 1 is 0.540 bits per heavy atom. The van der Waals surface area contributed by atoms with Crippen LogP contribution in [0.1, 0.15) is 26.3 Å². The molecule has 7 aromatic carbocycles. The Balaban J connectivity index is 0.00000471. The van der Waals surface area contributed by atoms with Crippen molar-refractivity contribution in [1.82, 2.24) is 14.1 Å². The monoisotopic (exact) mass is 906 g/mol. The van der Waals surface area contributed by atoms with E-state index in [0.29, 0.717) is 11.5 Å². The second-order valence-electron chi connectivity index (χ2n) is 16.7. The number of anilines is 2. The molecule has 0 fully saturated rings. The molecular formula is C56H42N5OPd-3. The number of benzene rings is 7. The van der Waals surface area contributed by atoms with E-state index in [2.05, 4.69) is 229 Å². The zero-order valence-electron chi connectivity index (χ0n) is 35.0. The number of aromatic nitrogens is 3. The van der Waals surface area contributed by atoms with Gasteiger partial charge in [0.05, 0.1) is 11.0 Å². The molecule has 0 atom stereocenters. The Morgan fingerprint density at radius 2 is 1.19 bits per heavy atom. The van der Waals surface area contributed by atoms with Gasteiger partial charge in [0, 0.05) is 60.4 Å². The van der Waals surface area contributed by atoms with Gasteiger partial charge in [-0.05, 0) is 76.5 Å². The van der Waals surface area contributed by atoms with Gasteiger partial charge < -0.3 is 23.7 Å². The molecule has 63 heavy (non-hydrogen) atoms. The van der Waals surface area contributed by atoms with Crippen molar-refractivity contribution in [3.63, 3.8) is 0 Å². The fraction of sp³-hybridized carbons (Fsp3) is 0.0714. The Kier molecular flexibility index (Phi) is 10.3. The molecule has 10 aromatic rings. The Morgan fingerprint density at radius 3 is 1.95 bits per heavy atom. The number of para-hydroxylation sites is 3. The summed E-state index contributed by atoms with van der Waals surface area (Å²) in [5.41, 5.74) is 12.8. The molecule has 3 aromatic heterocycles. The van der Waals surface area contributed by atoms with E-state index in [4.69, 9.17) is 9.72 Å². The van der Waals surface area contributed by atoms with Crippen LogP contribution in [-0.4, -0.2) is 14.1 Å². The molecule has 0 radical (unpaired) electrons. The van der Waals surface area contributed by atoms with Crippen LogP contribution in [0.25, 0.3) is 66.6 Å². The minimum atomic E-state index is -0.0202. The molecule has 0 saturated heterocycles. The Bertz CT molecular complexity index is 3290. The molecular weight excluding hydrogens is 865 g/mol. The summed E-state index contributed by atoms with van der Waals surface area (Å²) >= 11 is 0. The number of ether oxygens (including phenoxy) is 1. The van der Waals surface area contributed by atoms with Gasteiger partial charge in [0.1, 0.15) is 5.82 Å². The van der Waals surface area contributed by atoms with Gasteiger partial charge in [-0.25, -0.2) is 4.98 Å². The maximum absolute atomic E-state index is 6.85. The minimum absolute atomic E-state index is 0. The molecule has 7 heteroatoms. The van der Waals surface area contributed by atoms with E-state index in [-0.39, 0.29) is 25.8 Å². The first kappa shape index (κ1) is 39.9. The van der Waals surface area contributed by atoms with E-state index >= 15 is 0 Å². The van der Waals surface area contributed by atoms with E-state index in [1.165, 1.54) is 5.56 Å².